The summed E-state index contributed by atoms with van der Waals surface area (Å²) < 4.78 is 5.52. The van der Waals surface area contributed by atoms with Crippen LogP contribution in [-0.2, 0) is 4.74 Å². The summed E-state index contributed by atoms with van der Waals surface area (Å²) in [5.41, 5.74) is 0. The van der Waals surface area contributed by atoms with Crippen LogP contribution >= 0.6 is 0 Å². The first-order chi connectivity index (χ1) is 4.34. The molecule has 0 N–H and O–H groups in total. The molecule has 0 aliphatic heterocycles. The van der Waals surface area contributed by atoms with Gasteiger partial charge < -0.3 is 4.74 Å². The summed E-state index contributed by atoms with van der Waals surface area (Å²) in [6, 6.07) is 0. The zero-order valence-electron chi connectivity index (χ0n) is 6.39. The lowest BCUT2D eigenvalue weighted by Gasteiger charge is -2.13. The molecule has 1 fully saturated rings. The third-order valence-electron chi connectivity index (χ3n) is 2.16. The van der Waals surface area contributed by atoms with Crippen molar-refractivity contribution in [1.29, 1.82) is 0 Å². The molecule has 1 nitrogen and oxygen atoms in total. The molecule has 1 saturated carbocycles. The van der Waals surface area contributed by atoms with Gasteiger partial charge in [0.25, 0.3) is 0 Å². The van der Waals surface area contributed by atoms with Gasteiger partial charge in [-0.3, -0.25) is 0 Å². The third-order valence-corrected chi connectivity index (χ3v) is 2.16. The maximum Gasteiger partial charge on any atom is 0.0600 e. The molecule has 1 rings (SSSR count). The van der Waals surface area contributed by atoms with E-state index >= 15 is 0 Å². The molecule has 0 heterocycles. The fourth-order valence-corrected chi connectivity index (χ4v) is 1.57. The van der Waals surface area contributed by atoms with E-state index in [4.69, 9.17) is 4.74 Å². The molecule has 1 aliphatic carbocycles. The zero-order chi connectivity index (χ0) is 6.69. The Morgan fingerprint density at radius 3 is 2.67 bits per heavy atom. The summed E-state index contributed by atoms with van der Waals surface area (Å²) in [4.78, 5) is 0. The molecule has 1 aliphatic rings. The van der Waals surface area contributed by atoms with Crippen molar-refractivity contribution in [2.75, 3.05) is 6.61 Å². The van der Waals surface area contributed by atoms with Crippen molar-refractivity contribution in [2.45, 2.75) is 39.2 Å². The van der Waals surface area contributed by atoms with Crippen molar-refractivity contribution < 1.29 is 4.74 Å². The lowest BCUT2D eigenvalue weighted by Crippen LogP contribution is -2.14. The van der Waals surface area contributed by atoms with Gasteiger partial charge in [-0.1, -0.05) is 13.3 Å². The molecule has 0 radical (unpaired) electrons. The van der Waals surface area contributed by atoms with Crippen LogP contribution < -0.4 is 0 Å². The molecular formula is C8H16O. The van der Waals surface area contributed by atoms with Crippen LogP contribution in [0.5, 0.6) is 0 Å². The van der Waals surface area contributed by atoms with E-state index in [-0.39, 0.29) is 0 Å². The number of hydrogen-bond donors (Lipinski definition) is 0. The van der Waals surface area contributed by atoms with Crippen LogP contribution in [0, 0.1) is 5.92 Å². The summed E-state index contributed by atoms with van der Waals surface area (Å²) in [6.45, 7) is 5.24. The molecule has 0 amide bonds. The molecule has 0 aromatic rings. The van der Waals surface area contributed by atoms with Crippen molar-refractivity contribution >= 4 is 0 Å². The van der Waals surface area contributed by atoms with Crippen LogP contribution in [-0.4, -0.2) is 12.7 Å². The van der Waals surface area contributed by atoms with E-state index in [0.29, 0.717) is 6.10 Å². The van der Waals surface area contributed by atoms with Gasteiger partial charge in [0, 0.05) is 6.61 Å². The minimum absolute atomic E-state index is 0.579. The Balaban J connectivity index is 2.22. The fourth-order valence-electron chi connectivity index (χ4n) is 1.57. The third kappa shape index (κ3) is 1.68. The predicted molar refractivity (Wildman–Crippen MR) is 38.4 cm³/mol. The van der Waals surface area contributed by atoms with Gasteiger partial charge in [-0.2, -0.15) is 0 Å². The highest BCUT2D eigenvalue weighted by molar-refractivity contribution is 4.73. The van der Waals surface area contributed by atoms with E-state index in [2.05, 4.69) is 13.8 Å². The van der Waals surface area contributed by atoms with Gasteiger partial charge >= 0.3 is 0 Å². The Labute approximate surface area is 57.4 Å². The Hall–Kier alpha value is -0.0400. The summed E-state index contributed by atoms with van der Waals surface area (Å²) in [5, 5.41) is 0. The highest BCUT2D eigenvalue weighted by Crippen LogP contribution is 2.27. The van der Waals surface area contributed by atoms with Gasteiger partial charge in [-0.25, -0.2) is 0 Å². The minimum Gasteiger partial charge on any atom is -0.378 e. The van der Waals surface area contributed by atoms with Crippen LogP contribution in [0.25, 0.3) is 0 Å². The molecule has 9 heavy (non-hydrogen) atoms. The smallest absolute Gasteiger partial charge is 0.0600 e. The van der Waals surface area contributed by atoms with Crippen LogP contribution in [0.4, 0.5) is 0 Å². The first-order valence-electron chi connectivity index (χ1n) is 3.96. The molecular weight excluding hydrogens is 112 g/mol. The predicted octanol–water partition coefficient (Wildman–Crippen LogP) is 2.21. The lowest BCUT2D eigenvalue weighted by atomic mass is 10.1. The van der Waals surface area contributed by atoms with Gasteiger partial charge in [0.1, 0.15) is 0 Å². The maximum atomic E-state index is 5.52. The summed E-state index contributed by atoms with van der Waals surface area (Å²) in [5.74, 6) is 0.810. The van der Waals surface area contributed by atoms with Crippen LogP contribution in [0.1, 0.15) is 33.1 Å². The molecule has 0 aromatic heterocycles. The van der Waals surface area contributed by atoms with Gasteiger partial charge in [0.2, 0.25) is 0 Å². The molecule has 1 heteroatoms. The van der Waals surface area contributed by atoms with Gasteiger partial charge in [-0.15, -0.1) is 0 Å². The first kappa shape index (κ1) is 7.07. The average Bonchev–Trinajstić information content (AvgIpc) is 2.18. The largest absolute Gasteiger partial charge is 0.378 e. The average molecular weight is 128 g/mol. The van der Waals surface area contributed by atoms with Crippen LogP contribution in [0.3, 0.4) is 0 Å². The highest BCUT2D eigenvalue weighted by Gasteiger charge is 2.22. The quantitative estimate of drug-likeness (QED) is 0.554. The SMILES string of the molecule is CCOC1CCC[C@@H]1C. The number of ether oxygens (including phenoxy) is 1. The van der Waals surface area contributed by atoms with Crippen molar-refractivity contribution in [3.05, 3.63) is 0 Å². The minimum atomic E-state index is 0.579. The highest BCUT2D eigenvalue weighted by atomic mass is 16.5. The fraction of sp³-hybridized carbons (Fsp3) is 1.00. The van der Waals surface area contributed by atoms with Crippen molar-refractivity contribution in [2.24, 2.45) is 5.92 Å². The van der Waals surface area contributed by atoms with E-state index in [1.165, 1.54) is 19.3 Å². The second-order valence-electron chi connectivity index (χ2n) is 2.90. The number of rotatable bonds is 2. The van der Waals surface area contributed by atoms with E-state index in [1.54, 1.807) is 0 Å². The van der Waals surface area contributed by atoms with Crippen LogP contribution in [0.15, 0.2) is 0 Å². The second-order valence-corrected chi connectivity index (χ2v) is 2.90. The molecule has 0 aromatic carbocycles. The maximum absolute atomic E-state index is 5.52. The summed E-state index contributed by atoms with van der Waals surface area (Å²) in [7, 11) is 0. The van der Waals surface area contributed by atoms with Gasteiger partial charge in [0.05, 0.1) is 6.10 Å². The van der Waals surface area contributed by atoms with E-state index in [9.17, 15) is 0 Å². The monoisotopic (exact) mass is 128 g/mol. The molecule has 0 spiro atoms. The molecule has 0 saturated heterocycles. The van der Waals surface area contributed by atoms with Gasteiger partial charge in [-0.05, 0) is 25.7 Å². The van der Waals surface area contributed by atoms with E-state index in [0.717, 1.165) is 12.5 Å². The van der Waals surface area contributed by atoms with E-state index in [1.807, 2.05) is 0 Å². The lowest BCUT2D eigenvalue weighted by molar-refractivity contribution is 0.0414. The zero-order valence-corrected chi connectivity index (χ0v) is 6.39. The Morgan fingerprint density at radius 1 is 1.44 bits per heavy atom. The molecule has 0 bridgehead atoms. The normalized spacial score (nSPS) is 35.3. The van der Waals surface area contributed by atoms with Crippen molar-refractivity contribution in [1.82, 2.24) is 0 Å². The Bertz CT molecular complexity index is 80.6. The number of hydrogen-bond acceptors (Lipinski definition) is 1. The van der Waals surface area contributed by atoms with Gasteiger partial charge in [0.15, 0.2) is 0 Å². The van der Waals surface area contributed by atoms with Crippen molar-refractivity contribution in [3.63, 3.8) is 0 Å². The molecule has 54 valence electrons. The summed E-state index contributed by atoms with van der Waals surface area (Å²) >= 11 is 0. The van der Waals surface area contributed by atoms with Crippen molar-refractivity contribution in [3.8, 4) is 0 Å². The Morgan fingerprint density at radius 2 is 2.22 bits per heavy atom. The molecule has 1 unspecified atom stereocenters. The second kappa shape index (κ2) is 3.21. The van der Waals surface area contributed by atoms with Crippen LogP contribution in [0.2, 0.25) is 0 Å². The standard InChI is InChI=1S/C8H16O/c1-3-9-8-6-4-5-7(8)2/h7-8H,3-6H2,1-2H3/t7-,8?/m0/s1. The summed E-state index contributed by atoms with van der Waals surface area (Å²) in [6.07, 6.45) is 4.60. The van der Waals surface area contributed by atoms with E-state index < -0.39 is 0 Å². The topological polar surface area (TPSA) is 9.23 Å². The first-order valence-corrected chi connectivity index (χ1v) is 3.96. The Kier molecular flexibility index (Phi) is 2.52. The molecule has 2 atom stereocenters.